The van der Waals surface area contributed by atoms with E-state index >= 15 is 0 Å². The summed E-state index contributed by atoms with van der Waals surface area (Å²) in [6.45, 7) is -0.527. The Morgan fingerprint density at radius 1 is 0.885 bits per heavy atom. The molecule has 0 unspecified atom stereocenters. The second-order valence-electron chi connectivity index (χ2n) is 5.55. The molecule has 7 heteroatoms. The monoisotopic (exact) mass is 352 g/mol. The topological polar surface area (TPSA) is 122 Å². The van der Waals surface area contributed by atoms with E-state index in [1.54, 1.807) is 12.1 Å². The van der Waals surface area contributed by atoms with Crippen LogP contribution in [0.15, 0.2) is 76.6 Å². The molecule has 5 N–H and O–H groups in total. The van der Waals surface area contributed by atoms with E-state index in [1.165, 1.54) is 36.4 Å². The Bertz CT molecular complexity index is 925. The van der Waals surface area contributed by atoms with E-state index in [1.807, 2.05) is 0 Å². The van der Waals surface area contributed by atoms with Crippen LogP contribution in [0.3, 0.4) is 0 Å². The number of carbonyl (C=O) groups excluding carboxylic acids is 1. The molecule has 7 nitrogen and oxygen atoms in total. The average Bonchev–Trinajstić information content (AvgIpc) is 2.62. The molecule has 0 aliphatic heterocycles. The fraction of sp³-hybridized carbons (Fsp3) is 0.0526. The largest absolute Gasteiger partial charge is 0.508 e. The number of hydrogen-bond donors (Lipinski definition) is 5. The Morgan fingerprint density at radius 2 is 1.46 bits per heavy atom. The Labute approximate surface area is 148 Å². The summed E-state index contributed by atoms with van der Waals surface area (Å²) >= 11 is 0. The summed E-state index contributed by atoms with van der Waals surface area (Å²) in [5.74, 6) is -0.721. The van der Waals surface area contributed by atoms with Gasteiger partial charge in [-0.25, -0.2) is 4.99 Å². The lowest BCUT2D eigenvalue weighted by atomic mass is 9.97. The van der Waals surface area contributed by atoms with Crippen LogP contribution < -0.4 is 5.32 Å². The van der Waals surface area contributed by atoms with Crippen LogP contribution in [0.1, 0.15) is 0 Å². The fourth-order valence-electron chi connectivity index (χ4n) is 2.45. The summed E-state index contributed by atoms with van der Waals surface area (Å²) in [6.07, 6.45) is 1.02. The van der Waals surface area contributed by atoms with Crippen molar-refractivity contribution in [1.82, 2.24) is 0 Å². The van der Waals surface area contributed by atoms with Gasteiger partial charge in [0.25, 0.3) is 0 Å². The molecule has 132 valence electrons. The number of benzene rings is 2. The van der Waals surface area contributed by atoms with Crippen LogP contribution in [0, 0.1) is 0 Å². The first-order chi connectivity index (χ1) is 12.5. The lowest BCUT2D eigenvalue weighted by Gasteiger charge is -2.20. The molecule has 1 aliphatic rings. The highest BCUT2D eigenvalue weighted by molar-refractivity contribution is 6.51. The molecule has 0 aromatic heterocycles. The van der Waals surface area contributed by atoms with Crippen molar-refractivity contribution in [1.29, 1.82) is 0 Å². The van der Waals surface area contributed by atoms with Crippen LogP contribution in [0.5, 0.6) is 11.5 Å². The summed E-state index contributed by atoms with van der Waals surface area (Å²) in [6, 6.07) is 12.0. The van der Waals surface area contributed by atoms with Gasteiger partial charge in [-0.1, -0.05) is 0 Å². The second-order valence-corrected chi connectivity index (χ2v) is 5.55. The molecule has 26 heavy (non-hydrogen) atoms. The first-order valence-electron chi connectivity index (χ1n) is 7.71. The number of aliphatic imine (C=N–C) groups is 1. The quantitative estimate of drug-likeness (QED) is 0.426. The highest BCUT2D eigenvalue weighted by atomic mass is 16.3. The third kappa shape index (κ3) is 3.57. The van der Waals surface area contributed by atoms with E-state index in [9.17, 15) is 25.2 Å². The van der Waals surface area contributed by atoms with Crippen molar-refractivity contribution in [3.8, 4) is 11.5 Å². The molecule has 3 rings (SSSR count). The number of aliphatic hydroxyl groups excluding tert-OH is 2. The smallest absolute Gasteiger partial charge is 0.208 e. The van der Waals surface area contributed by atoms with Gasteiger partial charge in [0.15, 0.2) is 0 Å². The van der Waals surface area contributed by atoms with E-state index < -0.39 is 12.4 Å². The van der Waals surface area contributed by atoms with E-state index in [0.29, 0.717) is 11.4 Å². The molecule has 0 atom stereocenters. The molecule has 2 aromatic carbocycles. The number of carbonyl (C=O) groups is 1. The number of phenolic OH excluding ortho intramolecular Hbond substituents is 2. The molecule has 0 spiro atoms. The van der Waals surface area contributed by atoms with E-state index in [2.05, 4.69) is 10.3 Å². The number of hydrogen-bond acceptors (Lipinski definition) is 7. The predicted octanol–water partition coefficient (Wildman–Crippen LogP) is 2.55. The van der Waals surface area contributed by atoms with Gasteiger partial charge in [0.05, 0.1) is 18.0 Å². The number of nitrogens with one attached hydrogen (secondary N) is 1. The number of anilines is 1. The van der Waals surface area contributed by atoms with Crippen LogP contribution in [0.25, 0.3) is 0 Å². The minimum atomic E-state index is -0.545. The second kappa shape index (κ2) is 7.12. The van der Waals surface area contributed by atoms with Crippen LogP contribution in [0.2, 0.25) is 0 Å². The van der Waals surface area contributed by atoms with Crippen molar-refractivity contribution in [2.75, 3.05) is 11.9 Å². The van der Waals surface area contributed by atoms with Gasteiger partial charge in [0.2, 0.25) is 5.78 Å². The fourth-order valence-corrected chi connectivity index (χ4v) is 2.45. The van der Waals surface area contributed by atoms with Crippen LogP contribution in [0.4, 0.5) is 11.4 Å². The van der Waals surface area contributed by atoms with Gasteiger partial charge in [-0.15, -0.1) is 0 Å². The van der Waals surface area contributed by atoms with Crippen molar-refractivity contribution >= 4 is 22.9 Å². The van der Waals surface area contributed by atoms with E-state index in [-0.39, 0.29) is 34.2 Å². The zero-order valence-corrected chi connectivity index (χ0v) is 13.5. The number of aromatic hydroxyl groups is 2. The van der Waals surface area contributed by atoms with Gasteiger partial charge in [-0.3, -0.25) is 4.79 Å². The minimum Gasteiger partial charge on any atom is -0.508 e. The number of rotatable bonds is 4. The van der Waals surface area contributed by atoms with Gasteiger partial charge in [0, 0.05) is 17.3 Å². The number of ketones is 1. The lowest BCUT2D eigenvalue weighted by molar-refractivity contribution is -0.109. The van der Waals surface area contributed by atoms with Gasteiger partial charge in [0.1, 0.15) is 23.0 Å². The number of allylic oxidation sites excluding steroid dienone is 1. The highest BCUT2D eigenvalue weighted by Gasteiger charge is 2.27. The molecule has 0 saturated carbocycles. The van der Waals surface area contributed by atoms with E-state index in [0.717, 1.165) is 6.08 Å². The molecule has 1 aliphatic carbocycles. The van der Waals surface area contributed by atoms with Crippen molar-refractivity contribution < 1.29 is 25.2 Å². The molecular formula is C19H16N2O5. The standard InChI is InChI=1S/C19H16N2O5/c22-10-15-18(20-11-1-5-13(23)6-2-11)16(25)9-17(26)19(15)21-12-3-7-14(24)8-4-12/h1-9,20,22-25H,10H2. The molecule has 2 aromatic rings. The van der Waals surface area contributed by atoms with Crippen LogP contribution in [-0.4, -0.2) is 38.5 Å². The van der Waals surface area contributed by atoms with Crippen LogP contribution in [-0.2, 0) is 4.79 Å². The normalized spacial score (nSPS) is 16.0. The van der Waals surface area contributed by atoms with Crippen molar-refractivity contribution in [3.05, 3.63) is 71.6 Å². The minimum absolute atomic E-state index is 0.0164. The maximum Gasteiger partial charge on any atom is 0.208 e. The summed E-state index contributed by atoms with van der Waals surface area (Å²) in [7, 11) is 0. The van der Waals surface area contributed by atoms with Gasteiger partial charge >= 0.3 is 0 Å². The highest BCUT2D eigenvalue weighted by Crippen LogP contribution is 2.26. The third-order valence-electron chi connectivity index (χ3n) is 3.73. The Hall–Kier alpha value is -3.58. The zero-order valence-electron chi connectivity index (χ0n) is 13.5. The average molecular weight is 352 g/mol. The molecular weight excluding hydrogens is 336 g/mol. The summed E-state index contributed by atoms with van der Waals surface area (Å²) in [5.41, 5.74) is 1.22. The third-order valence-corrected chi connectivity index (χ3v) is 3.73. The SMILES string of the molecule is O=C1C=C(O)C(Nc2ccc(O)cc2)=C(CO)C1=Nc1ccc(O)cc1. The number of aliphatic hydroxyl groups is 2. The Kier molecular flexibility index (Phi) is 4.72. The lowest BCUT2D eigenvalue weighted by Crippen LogP contribution is -2.26. The van der Waals surface area contributed by atoms with Gasteiger partial charge < -0.3 is 25.7 Å². The molecule has 0 radical (unpaired) electrons. The van der Waals surface area contributed by atoms with Crippen molar-refractivity contribution in [2.24, 2.45) is 4.99 Å². The summed E-state index contributed by atoms with van der Waals surface area (Å²) in [4.78, 5) is 16.5. The zero-order chi connectivity index (χ0) is 18.7. The molecule has 0 heterocycles. The summed E-state index contributed by atoms with van der Waals surface area (Å²) < 4.78 is 0. The first-order valence-corrected chi connectivity index (χ1v) is 7.71. The van der Waals surface area contributed by atoms with Crippen LogP contribution >= 0.6 is 0 Å². The molecule has 0 amide bonds. The molecule has 0 fully saturated rings. The van der Waals surface area contributed by atoms with Gasteiger partial charge in [-0.05, 0) is 48.5 Å². The maximum atomic E-state index is 12.3. The molecule has 0 bridgehead atoms. The van der Waals surface area contributed by atoms with Crippen molar-refractivity contribution in [2.45, 2.75) is 0 Å². The Morgan fingerprint density at radius 3 is 2.04 bits per heavy atom. The summed E-state index contributed by atoms with van der Waals surface area (Å²) in [5, 5.41) is 41.5. The van der Waals surface area contributed by atoms with Gasteiger partial charge in [-0.2, -0.15) is 0 Å². The predicted molar refractivity (Wildman–Crippen MR) is 96.8 cm³/mol. The Balaban J connectivity index is 2.03. The molecule has 0 saturated heterocycles. The van der Waals surface area contributed by atoms with E-state index in [4.69, 9.17) is 0 Å². The first kappa shape index (κ1) is 17.2. The number of phenols is 2. The van der Waals surface area contributed by atoms with Crippen molar-refractivity contribution in [3.63, 3.8) is 0 Å². The number of nitrogens with zero attached hydrogens (tertiary/aromatic N) is 1. The maximum absolute atomic E-state index is 12.3.